The third-order valence-corrected chi connectivity index (χ3v) is 3.22. The Kier molecular flexibility index (Phi) is 2.84. The van der Waals surface area contributed by atoms with Crippen molar-refractivity contribution in [1.29, 1.82) is 0 Å². The van der Waals surface area contributed by atoms with Gasteiger partial charge in [-0.05, 0) is 23.3 Å². The monoisotopic (exact) mass is 246 g/mol. The molecule has 3 heteroatoms. The number of benzene rings is 2. The summed E-state index contributed by atoms with van der Waals surface area (Å²) in [6, 6.07) is 11.2. The molecule has 0 N–H and O–H groups in total. The van der Waals surface area contributed by atoms with E-state index in [9.17, 15) is 8.78 Å². The summed E-state index contributed by atoms with van der Waals surface area (Å²) in [6.45, 7) is 0.805. The fourth-order valence-corrected chi connectivity index (χ4v) is 2.10. The lowest BCUT2D eigenvalue weighted by molar-refractivity contribution is -0.0527. The Labute approximate surface area is 104 Å². The third kappa shape index (κ3) is 2.02. The molecule has 1 atom stereocenters. The van der Waals surface area contributed by atoms with Gasteiger partial charge in [0.15, 0.2) is 0 Å². The normalized spacial score (nSPS) is 18.4. The molecule has 0 radical (unpaired) electrons. The Morgan fingerprint density at radius 1 is 1.00 bits per heavy atom. The van der Waals surface area contributed by atoms with Crippen LogP contribution in [0.3, 0.4) is 0 Å². The largest absolute Gasteiger partial charge is 0.373 e. The number of hydrogen-bond donors (Lipinski definition) is 0. The van der Waals surface area contributed by atoms with Crippen LogP contribution in [0.15, 0.2) is 42.5 Å². The van der Waals surface area contributed by atoms with E-state index >= 15 is 0 Å². The van der Waals surface area contributed by atoms with E-state index in [1.54, 1.807) is 0 Å². The maximum atomic E-state index is 13.6. The second-order valence-corrected chi connectivity index (χ2v) is 4.39. The first kappa shape index (κ1) is 11.4. The summed E-state index contributed by atoms with van der Waals surface area (Å²) in [5, 5.41) is 0. The molecule has 0 saturated carbocycles. The number of halogens is 2. The minimum absolute atomic E-state index is 0.178. The SMILES string of the molecule is Fc1ccc(-c2ccc(C3CCO3)cc2)c(F)c1. The van der Waals surface area contributed by atoms with Gasteiger partial charge in [-0.15, -0.1) is 0 Å². The van der Waals surface area contributed by atoms with Gasteiger partial charge in [0, 0.05) is 18.1 Å². The summed E-state index contributed by atoms with van der Waals surface area (Å²) in [5.74, 6) is -1.10. The zero-order chi connectivity index (χ0) is 12.5. The first-order valence-electron chi connectivity index (χ1n) is 5.91. The minimum Gasteiger partial charge on any atom is -0.373 e. The highest BCUT2D eigenvalue weighted by molar-refractivity contribution is 5.64. The van der Waals surface area contributed by atoms with Gasteiger partial charge in [-0.2, -0.15) is 0 Å². The van der Waals surface area contributed by atoms with Crippen LogP contribution in [0.1, 0.15) is 18.1 Å². The summed E-state index contributed by atoms with van der Waals surface area (Å²) < 4.78 is 31.8. The van der Waals surface area contributed by atoms with Crippen LogP contribution >= 0.6 is 0 Å². The van der Waals surface area contributed by atoms with Crippen molar-refractivity contribution in [3.63, 3.8) is 0 Å². The fourth-order valence-electron chi connectivity index (χ4n) is 2.10. The second-order valence-electron chi connectivity index (χ2n) is 4.39. The van der Waals surface area contributed by atoms with Crippen molar-refractivity contribution in [2.75, 3.05) is 6.61 Å². The zero-order valence-corrected chi connectivity index (χ0v) is 9.70. The van der Waals surface area contributed by atoms with Gasteiger partial charge in [-0.3, -0.25) is 0 Å². The quantitative estimate of drug-likeness (QED) is 0.775. The van der Waals surface area contributed by atoms with E-state index < -0.39 is 11.6 Å². The Bertz CT molecular complexity index is 559. The maximum absolute atomic E-state index is 13.6. The van der Waals surface area contributed by atoms with E-state index in [4.69, 9.17) is 4.74 Å². The Hall–Kier alpha value is -1.74. The van der Waals surface area contributed by atoms with Crippen LogP contribution in [-0.2, 0) is 4.74 Å². The number of rotatable bonds is 2. The number of hydrogen-bond acceptors (Lipinski definition) is 1. The highest BCUT2D eigenvalue weighted by Gasteiger charge is 2.19. The Morgan fingerprint density at radius 2 is 1.72 bits per heavy atom. The summed E-state index contributed by atoms with van der Waals surface area (Å²) in [6.07, 6.45) is 1.21. The van der Waals surface area contributed by atoms with Gasteiger partial charge in [0.1, 0.15) is 11.6 Å². The fraction of sp³-hybridized carbons (Fsp3) is 0.200. The molecular weight excluding hydrogens is 234 g/mol. The minimum atomic E-state index is -0.560. The molecule has 2 aromatic rings. The van der Waals surface area contributed by atoms with Crippen molar-refractivity contribution in [3.8, 4) is 11.1 Å². The lowest BCUT2D eigenvalue weighted by Crippen LogP contribution is -2.17. The second kappa shape index (κ2) is 4.50. The van der Waals surface area contributed by atoms with E-state index in [1.165, 1.54) is 12.1 Å². The van der Waals surface area contributed by atoms with Gasteiger partial charge < -0.3 is 4.74 Å². The molecule has 1 nitrogen and oxygen atoms in total. The molecular formula is C15H12F2O. The maximum Gasteiger partial charge on any atom is 0.133 e. The predicted molar refractivity (Wildman–Crippen MR) is 65.1 cm³/mol. The van der Waals surface area contributed by atoms with Gasteiger partial charge in [0.05, 0.1) is 12.7 Å². The van der Waals surface area contributed by atoms with Crippen LogP contribution in [0, 0.1) is 11.6 Å². The topological polar surface area (TPSA) is 9.23 Å². The molecule has 1 unspecified atom stereocenters. The van der Waals surface area contributed by atoms with E-state index in [2.05, 4.69) is 0 Å². The molecule has 1 aliphatic rings. The first-order chi connectivity index (χ1) is 8.74. The molecule has 0 bridgehead atoms. The average Bonchev–Trinajstić information content (AvgIpc) is 2.28. The molecule has 1 fully saturated rings. The molecule has 3 rings (SSSR count). The van der Waals surface area contributed by atoms with Crippen LogP contribution in [0.5, 0.6) is 0 Å². The van der Waals surface area contributed by atoms with Crippen molar-refractivity contribution < 1.29 is 13.5 Å². The highest BCUT2D eigenvalue weighted by atomic mass is 19.1. The van der Waals surface area contributed by atoms with Crippen LogP contribution in [0.2, 0.25) is 0 Å². The Morgan fingerprint density at radius 3 is 2.28 bits per heavy atom. The summed E-state index contributed by atoms with van der Waals surface area (Å²) >= 11 is 0. The van der Waals surface area contributed by atoms with Gasteiger partial charge >= 0.3 is 0 Å². The molecule has 0 aromatic heterocycles. The predicted octanol–water partition coefficient (Wildman–Crippen LogP) is 4.09. The van der Waals surface area contributed by atoms with Crippen molar-refractivity contribution in [2.24, 2.45) is 0 Å². The molecule has 1 saturated heterocycles. The van der Waals surface area contributed by atoms with Crippen molar-refractivity contribution in [2.45, 2.75) is 12.5 Å². The third-order valence-electron chi connectivity index (χ3n) is 3.22. The van der Waals surface area contributed by atoms with Gasteiger partial charge in [0.25, 0.3) is 0 Å². The molecule has 2 aromatic carbocycles. The highest BCUT2D eigenvalue weighted by Crippen LogP contribution is 2.31. The van der Waals surface area contributed by atoms with Crippen LogP contribution in [0.25, 0.3) is 11.1 Å². The summed E-state index contributed by atoms with van der Waals surface area (Å²) in [7, 11) is 0. The summed E-state index contributed by atoms with van der Waals surface area (Å²) in [5.41, 5.74) is 2.26. The van der Waals surface area contributed by atoms with E-state index in [1.807, 2.05) is 24.3 Å². The molecule has 0 spiro atoms. The number of ether oxygens (including phenoxy) is 1. The van der Waals surface area contributed by atoms with Crippen LogP contribution < -0.4 is 0 Å². The molecule has 0 aliphatic carbocycles. The Balaban J connectivity index is 1.91. The smallest absolute Gasteiger partial charge is 0.133 e. The first-order valence-corrected chi connectivity index (χ1v) is 5.91. The van der Waals surface area contributed by atoms with Crippen molar-refractivity contribution in [1.82, 2.24) is 0 Å². The standard InChI is InChI=1S/C15H12F2O/c16-12-5-6-13(14(17)9-12)10-1-3-11(4-2-10)15-7-8-18-15/h1-6,9,15H,7-8H2. The van der Waals surface area contributed by atoms with E-state index in [-0.39, 0.29) is 6.10 Å². The van der Waals surface area contributed by atoms with Gasteiger partial charge in [-0.25, -0.2) is 8.78 Å². The lowest BCUT2D eigenvalue weighted by atomic mass is 9.99. The van der Waals surface area contributed by atoms with Gasteiger partial charge in [0.2, 0.25) is 0 Å². The van der Waals surface area contributed by atoms with Crippen LogP contribution in [0.4, 0.5) is 8.78 Å². The molecule has 18 heavy (non-hydrogen) atoms. The summed E-state index contributed by atoms with van der Waals surface area (Å²) in [4.78, 5) is 0. The molecule has 92 valence electrons. The van der Waals surface area contributed by atoms with Gasteiger partial charge in [-0.1, -0.05) is 24.3 Å². The van der Waals surface area contributed by atoms with E-state index in [0.29, 0.717) is 5.56 Å². The lowest BCUT2D eigenvalue weighted by Gasteiger charge is -2.26. The average molecular weight is 246 g/mol. The van der Waals surface area contributed by atoms with E-state index in [0.717, 1.165) is 30.2 Å². The molecule has 0 amide bonds. The van der Waals surface area contributed by atoms with Crippen molar-refractivity contribution >= 4 is 0 Å². The molecule has 1 aliphatic heterocycles. The van der Waals surface area contributed by atoms with Crippen LogP contribution in [-0.4, -0.2) is 6.61 Å². The van der Waals surface area contributed by atoms with Crippen molar-refractivity contribution in [3.05, 3.63) is 59.7 Å². The molecule has 1 heterocycles. The zero-order valence-electron chi connectivity index (χ0n) is 9.70.